The molecule has 0 saturated heterocycles. The van der Waals surface area contributed by atoms with E-state index in [2.05, 4.69) is 0 Å². The lowest BCUT2D eigenvalue weighted by Crippen LogP contribution is -2.17. The minimum atomic E-state index is -1.06. The molecule has 0 aromatic rings. The highest BCUT2D eigenvalue weighted by Gasteiger charge is 2.19. The van der Waals surface area contributed by atoms with Gasteiger partial charge in [-0.2, -0.15) is 0 Å². The first-order valence-corrected chi connectivity index (χ1v) is 4.67. The summed E-state index contributed by atoms with van der Waals surface area (Å²) >= 11 is 0. The molecular weight excluding hydrogens is 184 g/mol. The van der Waals surface area contributed by atoms with E-state index in [-0.39, 0.29) is 6.42 Å². The van der Waals surface area contributed by atoms with Crippen molar-refractivity contribution in [2.45, 2.75) is 32.6 Å². The molecule has 2 N–H and O–H groups in total. The molecule has 0 aromatic heterocycles. The lowest BCUT2D eigenvalue weighted by molar-refractivity contribution is -0.148. The topological polar surface area (TPSA) is 74.6 Å². The fourth-order valence-corrected chi connectivity index (χ4v) is 1.11. The van der Waals surface area contributed by atoms with Crippen molar-refractivity contribution >= 4 is 11.9 Å². The third-order valence-electron chi connectivity index (χ3n) is 1.85. The number of rotatable bonds is 7. The van der Waals surface area contributed by atoms with Crippen molar-refractivity contribution in [3.05, 3.63) is 12.2 Å². The van der Waals surface area contributed by atoms with Gasteiger partial charge in [0.1, 0.15) is 0 Å². The summed E-state index contributed by atoms with van der Waals surface area (Å²) in [4.78, 5) is 20.9. The van der Waals surface area contributed by atoms with E-state index in [1.807, 2.05) is 19.1 Å². The Morgan fingerprint density at radius 3 is 2.36 bits per heavy atom. The lowest BCUT2D eigenvalue weighted by atomic mass is 9.99. The number of hydrogen-bond donors (Lipinski definition) is 2. The summed E-state index contributed by atoms with van der Waals surface area (Å²) in [6.45, 7) is 1.99. The Labute approximate surface area is 83.2 Å². The molecule has 0 bridgehead atoms. The zero-order chi connectivity index (χ0) is 11.0. The van der Waals surface area contributed by atoms with Crippen LogP contribution in [0.3, 0.4) is 0 Å². The molecule has 80 valence electrons. The zero-order valence-electron chi connectivity index (χ0n) is 8.27. The molecule has 1 atom stereocenters. The standard InChI is InChI=1S/C10H16O4/c1-2-3-4-5-6-8(10(13)14)7-9(11)12/h3-4,8H,2,5-7H2,1H3,(H,11,12)(H,13,14)/b4-3+. The smallest absolute Gasteiger partial charge is 0.307 e. The SMILES string of the molecule is CC/C=C/CCC(CC(=O)O)C(=O)O. The fraction of sp³-hybridized carbons (Fsp3) is 0.600. The van der Waals surface area contributed by atoms with Crippen LogP contribution in [0.4, 0.5) is 0 Å². The van der Waals surface area contributed by atoms with Crippen molar-refractivity contribution in [2.75, 3.05) is 0 Å². The first-order chi connectivity index (χ1) is 6.57. The molecule has 0 spiro atoms. The van der Waals surface area contributed by atoms with Gasteiger partial charge < -0.3 is 10.2 Å². The Morgan fingerprint density at radius 2 is 1.93 bits per heavy atom. The van der Waals surface area contributed by atoms with Crippen LogP contribution in [0.2, 0.25) is 0 Å². The average Bonchev–Trinajstić information content (AvgIpc) is 2.09. The summed E-state index contributed by atoms with van der Waals surface area (Å²) in [7, 11) is 0. The van der Waals surface area contributed by atoms with Crippen LogP contribution in [0.25, 0.3) is 0 Å². The van der Waals surface area contributed by atoms with E-state index in [9.17, 15) is 9.59 Å². The van der Waals surface area contributed by atoms with Gasteiger partial charge >= 0.3 is 11.9 Å². The highest BCUT2D eigenvalue weighted by Crippen LogP contribution is 2.12. The van der Waals surface area contributed by atoms with Crippen LogP contribution >= 0.6 is 0 Å². The van der Waals surface area contributed by atoms with Gasteiger partial charge in [0.25, 0.3) is 0 Å². The molecule has 0 amide bonds. The lowest BCUT2D eigenvalue weighted by Gasteiger charge is -2.07. The summed E-state index contributed by atoms with van der Waals surface area (Å²) in [6, 6.07) is 0. The zero-order valence-corrected chi connectivity index (χ0v) is 8.27. The molecule has 1 unspecified atom stereocenters. The normalized spacial score (nSPS) is 12.9. The van der Waals surface area contributed by atoms with Crippen molar-refractivity contribution < 1.29 is 19.8 Å². The summed E-state index contributed by atoms with van der Waals surface area (Å²) in [5.74, 6) is -2.86. The van der Waals surface area contributed by atoms with Crippen LogP contribution < -0.4 is 0 Å². The van der Waals surface area contributed by atoms with Crippen molar-refractivity contribution in [1.82, 2.24) is 0 Å². The molecule has 0 heterocycles. The maximum Gasteiger partial charge on any atom is 0.307 e. The maximum absolute atomic E-state index is 10.6. The second-order valence-electron chi connectivity index (χ2n) is 3.09. The summed E-state index contributed by atoms with van der Waals surface area (Å²) in [5.41, 5.74) is 0. The molecular formula is C10H16O4. The number of aliphatic carboxylic acids is 2. The van der Waals surface area contributed by atoms with Crippen molar-refractivity contribution in [3.8, 4) is 0 Å². The molecule has 0 aliphatic rings. The first-order valence-electron chi connectivity index (χ1n) is 4.67. The van der Waals surface area contributed by atoms with Gasteiger partial charge in [0.2, 0.25) is 0 Å². The van der Waals surface area contributed by atoms with Gasteiger partial charge in [-0.05, 0) is 19.3 Å². The van der Waals surface area contributed by atoms with Crippen LogP contribution in [0.1, 0.15) is 32.6 Å². The Hall–Kier alpha value is -1.32. The van der Waals surface area contributed by atoms with E-state index in [1.165, 1.54) is 0 Å². The Morgan fingerprint density at radius 1 is 1.29 bits per heavy atom. The van der Waals surface area contributed by atoms with E-state index in [0.29, 0.717) is 12.8 Å². The molecule has 4 heteroatoms. The average molecular weight is 200 g/mol. The highest BCUT2D eigenvalue weighted by molar-refractivity contribution is 5.77. The number of carboxylic acid groups (broad SMARTS) is 2. The third-order valence-corrected chi connectivity index (χ3v) is 1.85. The molecule has 0 rings (SSSR count). The molecule has 0 radical (unpaired) electrons. The minimum Gasteiger partial charge on any atom is -0.481 e. The van der Waals surface area contributed by atoms with Gasteiger partial charge in [0, 0.05) is 0 Å². The van der Waals surface area contributed by atoms with Gasteiger partial charge in [0.15, 0.2) is 0 Å². The molecule has 14 heavy (non-hydrogen) atoms. The second-order valence-corrected chi connectivity index (χ2v) is 3.09. The van der Waals surface area contributed by atoms with E-state index < -0.39 is 17.9 Å². The van der Waals surface area contributed by atoms with Crippen LogP contribution in [-0.4, -0.2) is 22.2 Å². The largest absolute Gasteiger partial charge is 0.481 e. The quantitative estimate of drug-likeness (QED) is 0.615. The first kappa shape index (κ1) is 12.7. The molecule has 0 aromatic carbocycles. The Bertz CT molecular complexity index is 220. The molecule has 0 fully saturated rings. The predicted octanol–water partition coefficient (Wildman–Crippen LogP) is 1.91. The number of carboxylic acids is 2. The third kappa shape index (κ3) is 6.22. The number of carbonyl (C=O) groups is 2. The van der Waals surface area contributed by atoms with Gasteiger partial charge in [0.05, 0.1) is 12.3 Å². The summed E-state index contributed by atoms with van der Waals surface area (Å²) in [6.07, 6.45) is 5.46. The van der Waals surface area contributed by atoms with Crippen LogP contribution in [0, 0.1) is 5.92 Å². The van der Waals surface area contributed by atoms with Gasteiger partial charge in [-0.15, -0.1) is 0 Å². The maximum atomic E-state index is 10.6. The Balaban J connectivity index is 3.91. The van der Waals surface area contributed by atoms with E-state index in [0.717, 1.165) is 6.42 Å². The van der Waals surface area contributed by atoms with E-state index in [1.54, 1.807) is 0 Å². The van der Waals surface area contributed by atoms with Gasteiger partial charge in [-0.1, -0.05) is 19.1 Å². The molecule has 4 nitrogen and oxygen atoms in total. The van der Waals surface area contributed by atoms with E-state index >= 15 is 0 Å². The summed E-state index contributed by atoms with van der Waals surface area (Å²) in [5, 5.41) is 17.1. The van der Waals surface area contributed by atoms with Crippen LogP contribution in [0.15, 0.2) is 12.2 Å². The van der Waals surface area contributed by atoms with Crippen molar-refractivity contribution in [2.24, 2.45) is 5.92 Å². The van der Waals surface area contributed by atoms with Crippen molar-refractivity contribution in [3.63, 3.8) is 0 Å². The summed E-state index contributed by atoms with van der Waals surface area (Å²) < 4.78 is 0. The van der Waals surface area contributed by atoms with E-state index in [4.69, 9.17) is 10.2 Å². The number of hydrogen-bond acceptors (Lipinski definition) is 2. The van der Waals surface area contributed by atoms with Crippen molar-refractivity contribution in [1.29, 1.82) is 0 Å². The Kier molecular flexibility index (Phi) is 6.45. The highest BCUT2D eigenvalue weighted by atomic mass is 16.4. The van der Waals surface area contributed by atoms with Gasteiger partial charge in [-0.3, -0.25) is 9.59 Å². The van der Waals surface area contributed by atoms with Gasteiger partial charge in [-0.25, -0.2) is 0 Å². The molecule has 0 aliphatic carbocycles. The predicted molar refractivity (Wildman–Crippen MR) is 52.0 cm³/mol. The fourth-order valence-electron chi connectivity index (χ4n) is 1.11. The molecule has 0 saturated carbocycles. The minimum absolute atomic E-state index is 0.296. The number of allylic oxidation sites excluding steroid dienone is 2. The van der Waals surface area contributed by atoms with Crippen LogP contribution in [-0.2, 0) is 9.59 Å². The molecule has 0 aliphatic heterocycles. The monoisotopic (exact) mass is 200 g/mol. The second kappa shape index (κ2) is 7.12. The van der Waals surface area contributed by atoms with Crippen LogP contribution in [0.5, 0.6) is 0 Å².